The van der Waals surface area contributed by atoms with E-state index in [4.69, 9.17) is 14.2 Å². The smallest absolute Gasteiger partial charge is 0.362 e. The van der Waals surface area contributed by atoms with Crippen LogP contribution in [-0.4, -0.2) is 80.6 Å². The second kappa shape index (κ2) is 41.8. The molecule has 0 aromatic rings. The first-order chi connectivity index (χ1) is 28.6. The van der Waals surface area contributed by atoms with E-state index in [0.717, 1.165) is 83.5 Å². The zero-order valence-corrected chi connectivity index (χ0v) is 38.7. The molecule has 2 unspecified atom stereocenters. The van der Waals surface area contributed by atoms with Crippen LogP contribution in [-0.2, 0) is 28.6 Å². The lowest BCUT2D eigenvalue weighted by molar-refractivity contribution is -0.887. The maximum absolute atomic E-state index is 12.7. The first-order valence-corrected chi connectivity index (χ1v) is 23.8. The van der Waals surface area contributed by atoms with Crippen LogP contribution < -0.4 is 0 Å². The van der Waals surface area contributed by atoms with Crippen molar-refractivity contribution >= 4 is 17.9 Å². The van der Waals surface area contributed by atoms with Gasteiger partial charge in [-0.15, -0.1) is 0 Å². The number of ether oxygens (including phenoxy) is 3. The van der Waals surface area contributed by atoms with Crippen molar-refractivity contribution in [3.8, 4) is 0 Å². The molecule has 0 aliphatic rings. The fourth-order valence-electron chi connectivity index (χ4n) is 6.79. The summed E-state index contributed by atoms with van der Waals surface area (Å²) in [5.41, 5.74) is 0. The number of hydrogen-bond donors (Lipinski definition) is 1. The van der Waals surface area contributed by atoms with Gasteiger partial charge in [0.2, 0.25) is 0 Å². The number of aliphatic carboxylic acids is 1. The number of quaternary nitrogens is 1. The Labute approximate surface area is 362 Å². The van der Waals surface area contributed by atoms with E-state index in [2.05, 4.69) is 74.6 Å². The van der Waals surface area contributed by atoms with Crippen LogP contribution >= 0.6 is 0 Å². The van der Waals surface area contributed by atoms with Gasteiger partial charge in [-0.05, 0) is 70.6 Å². The van der Waals surface area contributed by atoms with Crippen molar-refractivity contribution in [1.82, 2.24) is 0 Å². The molecule has 0 fully saturated rings. The summed E-state index contributed by atoms with van der Waals surface area (Å²) < 4.78 is 17.3. The Morgan fingerprint density at radius 1 is 0.508 bits per heavy atom. The third kappa shape index (κ3) is 40.2. The molecule has 340 valence electrons. The van der Waals surface area contributed by atoms with Crippen molar-refractivity contribution in [2.75, 3.05) is 41.0 Å². The van der Waals surface area contributed by atoms with Crippen LogP contribution in [0.25, 0.3) is 0 Å². The molecule has 2 atom stereocenters. The average molecular weight is 829 g/mol. The molecule has 0 rings (SSSR count). The summed E-state index contributed by atoms with van der Waals surface area (Å²) in [4.78, 5) is 37.0. The van der Waals surface area contributed by atoms with Gasteiger partial charge in [-0.1, -0.05) is 164 Å². The van der Waals surface area contributed by atoms with Gasteiger partial charge in [0.1, 0.15) is 6.61 Å². The highest BCUT2D eigenvalue weighted by molar-refractivity contribution is 5.72. The van der Waals surface area contributed by atoms with Crippen molar-refractivity contribution in [3.05, 3.63) is 60.8 Å². The van der Waals surface area contributed by atoms with E-state index in [-0.39, 0.29) is 36.2 Å². The first kappa shape index (κ1) is 56.0. The number of carboxylic acid groups (broad SMARTS) is 1. The number of rotatable bonds is 42. The Bertz CT molecular complexity index is 1150. The van der Waals surface area contributed by atoms with Crippen LogP contribution in [0.15, 0.2) is 60.8 Å². The maximum Gasteiger partial charge on any atom is 0.362 e. The van der Waals surface area contributed by atoms with Gasteiger partial charge in [-0.3, -0.25) is 9.59 Å². The Hall–Kier alpha value is -2.97. The number of nitrogens with zero attached hydrogens (tertiary/aromatic N) is 1. The van der Waals surface area contributed by atoms with Crippen LogP contribution in [0, 0.1) is 0 Å². The lowest BCUT2D eigenvalue weighted by Gasteiger charge is -2.31. The van der Waals surface area contributed by atoms with Crippen LogP contribution in [0.4, 0.5) is 0 Å². The monoisotopic (exact) mass is 829 g/mol. The quantitative estimate of drug-likeness (QED) is 0.0283. The van der Waals surface area contributed by atoms with Gasteiger partial charge < -0.3 is 23.8 Å². The number of carbonyl (C=O) groups is 3. The van der Waals surface area contributed by atoms with E-state index in [9.17, 15) is 19.5 Å². The molecule has 8 heteroatoms. The maximum atomic E-state index is 12.7. The lowest BCUT2D eigenvalue weighted by atomic mass is 10.0. The molecule has 0 bridgehead atoms. The first-order valence-electron chi connectivity index (χ1n) is 23.8. The Morgan fingerprint density at radius 2 is 0.898 bits per heavy atom. The zero-order valence-electron chi connectivity index (χ0n) is 38.7. The van der Waals surface area contributed by atoms with Crippen LogP contribution in [0.1, 0.15) is 194 Å². The largest absolute Gasteiger partial charge is 0.477 e. The van der Waals surface area contributed by atoms with Crippen molar-refractivity contribution in [2.45, 2.75) is 206 Å². The van der Waals surface area contributed by atoms with Gasteiger partial charge >= 0.3 is 17.9 Å². The van der Waals surface area contributed by atoms with E-state index in [1.54, 1.807) is 0 Å². The van der Waals surface area contributed by atoms with Crippen LogP contribution in [0.3, 0.4) is 0 Å². The highest BCUT2D eigenvalue weighted by atomic mass is 16.6. The summed E-state index contributed by atoms with van der Waals surface area (Å²) in [6, 6.07) is -0.620. The summed E-state index contributed by atoms with van der Waals surface area (Å²) in [5, 5.41) is 9.63. The van der Waals surface area contributed by atoms with Gasteiger partial charge in [0.25, 0.3) is 0 Å². The molecule has 0 spiro atoms. The highest BCUT2D eigenvalue weighted by Crippen LogP contribution is 2.15. The SMILES string of the molecule is CC/C=C/C/C=C/C/C=C/CCCCCCC(=O)OC(COCCC(C(=O)O)[N+](C)(C)C)COC(=O)CCCCCCCCCCCCCCCC/C=C/C/C=C/CC. The number of allylic oxidation sites excluding steroid dienone is 10. The van der Waals surface area contributed by atoms with E-state index in [1.165, 1.54) is 77.0 Å². The molecule has 0 radical (unpaired) electrons. The third-order valence-electron chi connectivity index (χ3n) is 10.4. The second-order valence-electron chi connectivity index (χ2n) is 17.0. The van der Waals surface area contributed by atoms with Crippen molar-refractivity contribution in [3.63, 3.8) is 0 Å². The minimum atomic E-state index is -0.880. The molecule has 8 nitrogen and oxygen atoms in total. The lowest BCUT2D eigenvalue weighted by Crippen LogP contribution is -2.50. The Kier molecular flexibility index (Phi) is 39.6. The van der Waals surface area contributed by atoms with Gasteiger partial charge in [0, 0.05) is 19.3 Å². The predicted octanol–water partition coefficient (Wildman–Crippen LogP) is 13.4. The minimum Gasteiger partial charge on any atom is -0.477 e. The van der Waals surface area contributed by atoms with E-state index < -0.39 is 18.1 Å². The van der Waals surface area contributed by atoms with E-state index in [1.807, 2.05) is 21.1 Å². The van der Waals surface area contributed by atoms with Crippen LogP contribution in [0.2, 0.25) is 0 Å². The number of carbonyl (C=O) groups excluding carboxylic acids is 2. The molecule has 0 saturated carbocycles. The molecule has 1 N–H and O–H groups in total. The van der Waals surface area contributed by atoms with Gasteiger partial charge in [0.15, 0.2) is 12.1 Å². The topological polar surface area (TPSA) is 99.1 Å². The molecular formula is C51H90NO7+. The van der Waals surface area contributed by atoms with Gasteiger partial charge in [-0.25, -0.2) is 4.79 Å². The summed E-state index contributed by atoms with van der Waals surface area (Å²) in [6.07, 6.45) is 51.3. The molecule has 0 aliphatic carbocycles. The van der Waals surface area contributed by atoms with E-state index in [0.29, 0.717) is 19.3 Å². The number of esters is 2. The zero-order chi connectivity index (χ0) is 43.5. The van der Waals surface area contributed by atoms with Gasteiger partial charge in [-0.2, -0.15) is 0 Å². The normalized spacial score (nSPS) is 13.4. The molecule has 0 aliphatic heterocycles. The fraction of sp³-hybridized carbons (Fsp3) is 0.745. The molecule has 0 heterocycles. The van der Waals surface area contributed by atoms with Gasteiger partial charge in [0.05, 0.1) is 34.4 Å². The second-order valence-corrected chi connectivity index (χ2v) is 17.0. The number of hydrogen-bond acceptors (Lipinski definition) is 6. The molecule has 59 heavy (non-hydrogen) atoms. The van der Waals surface area contributed by atoms with Crippen LogP contribution in [0.5, 0.6) is 0 Å². The molecule has 0 aromatic heterocycles. The summed E-state index contributed by atoms with van der Waals surface area (Å²) in [5.74, 6) is -1.50. The third-order valence-corrected chi connectivity index (χ3v) is 10.4. The standard InChI is InChI=1S/C51H89NO7/c1-6-8-10-12-14-16-18-20-22-23-24-25-26-27-28-30-31-33-35-37-39-41-49(53)58-46-47(45-57-44-43-48(51(55)56)52(3,4)5)59-50(54)42-40-38-36-34-32-29-21-19-17-15-13-11-9-7-2/h8-11,14-17,21,29,47-48H,6-7,12-13,18-20,22-28,30-46H2,1-5H3/p+1/b10-8+,11-9+,16-14+,17-15+,29-21+. The fourth-order valence-corrected chi connectivity index (χ4v) is 6.79. The van der Waals surface area contributed by atoms with E-state index >= 15 is 0 Å². The van der Waals surface area contributed by atoms with Crippen molar-refractivity contribution in [2.24, 2.45) is 0 Å². The van der Waals surface area contributed by atoms with Crippen molar-refractivity contribution < 1.29 is 38.2 Å². The Balaban J connectivity index is 4.25. The summed E-state index contributed by atoms with van der Waals surface area (Å²) in [6.45, 7) is 4.50. The highest BCUT2D eigenvalue weighted by Gasteiger charge is 2.31. The molecule has 0 aromatic carbocycles. The Morgan fingerprint density at radius 3 is 1.32 bits per heavy atom. The summed E-state index contributed by atoms with van der Waals surface area (Å²) in [7, 11) is 5.52. The summed E-state index contributed by atoms with van der Waals surface area (Å²) >= 11 is 0. The minimum absolute atomic E-state index is 0.0509. The number of carboxylic acids is 1. The molecular weight excluding hydrogens is 739 g/mol. The average Bonchev–Trinajstić information content (AvgIpc) is 3.19. The number of unbranched alkanes of at least 4 members (excludes halogenated alkanes) is 18. The predicted molar refractivity (Wildman–Crippen MR) is 247 cm³/mol. The molecule has 0 amide bonds. The molecule has 0 saturated heterocycles. The number of likely N-dealkylation sites (N-methyl/N-ethyl adjacent to an activating group) is 1. The van der Waals surface area contributed by atoms with Crippen molar-refractivity contribution in [1.29, 1.82) is 0 Å².